The normalized spacial score (nSPS) is 10.3. The Balaban J connectivity index is 1.90. The molecular weight excluding hydrogens is 248 g/mol. The monoisotopic (exact) mass is 268 g/mol. The highest BCUT2D eigenvalue weighted by Gasteiger charge is 2.05. The molecule has 0 heterocycles. The first-order valence-electron chi connectivity index (χ1n) is 6.76. The third kappa shape index (κ3) is 3.85. The Morgan fingerprint density at radius 2 is 1.70 bits per heavy atom. The molecule has 3 heteroatoms. The number of benzene rings is 2. The minimum Gasteiger partial charge on any atom is -0.397 e. The molecule has 0 aliphatic heterocycles. The Morgan fingerprint density at radius 3 is 2.35 bits per heavy atom. The number of carbonyl (C=O) groups excluding carboxylic acids is 1. The SMILES string of the molecule is Cc1ccc(CCC(=O)Nc2ccc(C)cc2N)cc1. The second-order valence-corrected chi connectivity index (χ2v) is 5.12. The largest absolute Gasteiger partial charge is 0.397 e. The van der Waals surface area contributed by atoms with Crippen molar-refractivity contribution >= 4 is 17.3 Å². The number of aryl methyl sites for hydroxylation is 3. The molecule has 1 amide bonds. The van der Waals surface area contributed by atoms with Crippen molar-refractivity contribution in [3.63, 3.8) is 0 Å². The second kappa shape index (κ2) is 6.24. The summed E-state index contributed by atoms with van der Waals surface area (Å²) in [4.78, 5) is 11.9. The van der Waals surface area contributed by atoms with Gasteiger partial charge >= 0.3 is 0 Å². The number of nitrogens with two attached hydrogens (primary N) is 1. The molecular formula is C17H20N2O. The van der Waals surface area contributed by atoms with Gasteiger partial charge in [-0.2, -0.15) is 0 Å². The molecule has 2 aromatic carbocycles. The predicted octanol–water partition coefficient (Wildman–Crippen LogP) is 3.46. The number of nitrogens with one attached hydrogen (secondary N) is 1. The molecule has 3 N–H and O–H groups in total. The zero-order chi connectivity index (χ0) is 14.5. The highest BCUT2D eigenvalue weighted by atomic mass is 16.1. The number of amides is 1. The molecule has 104 valence electrons. The third-order valence-electron chi connectivity index (χ3n) is 3.24. The van der Waals surface area contributed by atoms with Gasteiger partial charge in [-0.15, -0.1) is 0 Å². The summed E-state index contributed by atoms with van der Waals surface area (Å²) < 4.78 is 0. The third-order valence-corrected chi connectivity index (χ3v) is 3.24. The van der Waals surface area contributed by atoms with E-state index >= 15 is 0 Å². The van der Waals surface area contributed by atoms with Crippen LogP contribution >= 0.6 is 0 Å². The first-order valence-corrected chi connectivity index (χ1v) is 6.76. The van der Waals surface area contributed by atoms with Crippen LogP contribution in [-0.4, -0.2) is 5.91 Å². The lowest BCUT2D eigenvalue weighted by Gasteiger charge is -2.09. The van der Waals surface area contributed by atoms with Crippen molar-refractivity contribution in [1.82, 2.24) is 0 Å². The van der Waals surface area contributed by atoms with Crippen LogP contribution in [0.5, 0.6) is 0 Å². The van der Waals surface area contributed by atoms with E-state index < -0.39 is 0 Å². The second-order valence-electron chi connectivity index (χ2n) is 5.12. The van der Waals surface area contributed by atoms with E-state index in [0.29, 0.717) is 17.8 Å². The van der Waals surface area contributed by atoms with E-state index in [1.165, 1.54) is 11.1 Å². The summed E-state index contributed by atoms with van der Waals surface area (Å²) in [5.74, 6) is -0.0128. The summed E-state index contributed by atoms with van der Waals surface area (Å²) in [7, 11) is 0. The average Bonchev–Trinajstić information content (AvgIpc) is 2.41. The molecule has 0 bridgehead atoms. The van der Waals surface area contributed by atoms with Crippen LogP contribution < -0.4 is 11.1 Å². The maximum absolute atomic E-state index is 11.9. The summed E-state index contributed by atoms with van der Waals surface area (Å²) in [6.45, 7) is 4.02. The van der Waals surface area contributed by atoms with Gasteiger partial charge in [0, 0.05) is 6.42 Å². The lowest BCUT2D eigenvalue weighted by molar-refractivity contribution is -0.116. The topological polar surface area (TPSA) is 55.1 Å². The van der Waals surface area contributed by atoms with Crippen LogP contribution in [0.25, 0.3) is 0 Å². The standard InChI is InChI=1S/C17H20N2O/c1-12-3-6-14(7-4-12)8-10-17(20)19-16-9-5-13(2)11-15(16)18/h3-7,9,11H,8,10,18H2,1-2H3,(H,19,20). The van der Waals surface area contributed by atoms with Gasteiger partial charge in [-0.05, 0) is 43.5 Å². The van der Waals surface area contributed by atoms with Crippen molar-refractivity contribution in [1.29, 1.82) is 0 Å². The van der Waals surface area contributed by atoms with Gasteiger partial charge in [-0.1, -0.05) is 35.9 Å². The summed E-state index contributed by atoms with van der Waals surface area (Å²) >= 11 is 0. The molecule has 0 saturated carbocycles. The Bertz CT molecular complexity index is 603. The van der Waals surface area contributed by atoms with Crippen LogP contribution in [0.4, 0.5) is 11.4 Å². The van der Waals surface area contributed by atoms with Gasteiger partial charge in [0.05, 0.1) is 11.4 Å². The Kier molecular flexibility index (Phi) is 4.41. The Labute approximate surface area is 119 Å². The molecule has 2 aromatic rings. The molecule has 0 aromatic heterocycles. The fourth-order valence-corrected chi connectivity index (χ4v) is 2.02. The summed E-state index contributed by atoms with van der Waals surface area (Å²) in [5, 5.41) is 2.86. The van der Waals surface area contributed by atoms with Gasteiger partial charge in [0.2, 0.25) is 5.91 Å². The molecule has 0 radical (unpaired) electrons. The Hall–Kier alpha value is -2.29. The lowest BCUT2D eigenvalue weighted by atomic mass is 10.1. The van der Waals surface area contributed by atoms with E-state index in [1.54, 1.807) is 0 Å². The van der Waals surface area contributed by atoms with Crippen LogP contribution in [0.15, 0.2) is 42.5 Å². The van der Waals surface area contributed by atoms with Crippen molar-refractivity contribution in [3.8, 4) is 0 Å². The van der Waals surface area contributed by atoms with Crippen LogP contribution in [-0.2, 0) is 11.2 Å². The zero-order valence-corrected chi connectivity index (χ0v) is 11.9. The van der Waals surface area contributed by atoms with E-state index in [4.69, 9.17) is 5.73 Å². The van der Waals surface area contributed by atoms with Crippen LogP contribution in [0.2, 0.25) is 0 Å². The van der Waals surface area contributed by atoms with Crippen LogP contribution in [0.1, 0.15) is 23.1 Å². The van der Waals surface area contributed by atoms with Gasteiger partial charge < -0.3 is 11.1 Å². The van der Waals surface area contributed by atoms with E-state index in [1.807, 2.05) is 25.1 Å². The maximum Gasteiger partial charge on any atom is 0.224 e. The van der Waals surface area contributed by atoms with Crippen LogP contribution in [0, 0.1) is 13.8 Å². The summed E-state index contributed by atoms with van der Waals surface area (Å²) in [6, 6.07) is 13.9. The minimum absolute atomic E-state index is 0.0128. The van der Waals surface area contributed by atoms with Crippen molar-refractivity contribution in [2.75, 3.05) is 11.1 Å². The first kappa shape index (κ1) is 14.1. The molecule has 0 saturated heterocycles. The molecule has 0 aliphatic rings. The first-order chi connectivity index (χ1) is 9.54. The number of nitrogen functional groups attached to an aromatic ring is 1. The molecule has 0 spiro atoms. The average molecular weight is 268 g/mol. The smallest absolute Gasteiger partial charge is 0.224 e. The van der Waals surface area contributed by atoms with Gasteiger partial charge in [-0.25, -0.2) is 0 Å². The molecule has 3 nitrogen and oxygen atoms in total. The van der Waals surface area contributed by atoms with E-state index in [-0.39, 0.29) is 5.91 Å². The predicted molar refractivity (Wildman–Crippen MR) is 83.7 cm³/mol. The van der Waals surface area contributed by atoms with Gasteiger partial charge in [0.25, 0.3) is 0 Å². The number of hydrogen-bond donors (Lipinski definition) is 2. The highest BCUT2D eigenvalue weighted by molar-refractivity contribution is 5.93. The molecule has 0 fully saturated rings. The van der Waals surface area contributed by atoms with Crippen molar-refractivity contribution in [2.24, 2.45) is 0 Å². The van der Waals surface area contributed by atoms with Gasteiger partial charge in [0.1, 0.15) is 0 Å². The quantitative estimate of drug-likeness (QED) is 0.834. The van der Waals surface area contributed by atoms with Crippen molar-refractivity contribution in [3.05, 3.63) is 59.2 Å². The molecule has 0 aliphatic carbocycles. The summed E-state index contributed by atoms with van der Waals surface area (Å²) in [6.07, 6.45) is 1.19. The van der Waals surface area contributed by atoms with E-state index in [2.05, 4.69) is 36.5 Å². The van der Waals surface area contributed by atoms with Gasteiger partial charge in [0.15, 0.2) is 0 Å². The minimum atomic E-state index is -0.0128. The number of carbonyl (C=O) groups is 1. The summed E-state index contributed by atoms with van der Waals surface area (Å²) in [5.41, 5.74) is 10.6. The molecule has 0 unspecified atom stereocenters. The molecule has 0 atom stereocenters. The fraction of sp³-hybridized carbons (Fsp3) is 0.235. The zero-order valence-electron chi connectivity index (χ0n) is 11.9. The van der Waals surface area contributed by atoms with Crippen LogP contribution in [0.3, 0.4) is 0 Å². The number of anilines is 2. The van der Waals surface area contributed by atoms with E-state index in [9.17, 15) is 4.79 Å². The molecule has 20 heavy (non-hydrogen) atoms. The van der Waals surface area contributed by atoms with Crippen molar-refractivity contribution in [2.45, 2.75) is 26.7 Å². The maximum atomic E-state index is 11.9. The lowest BCUT2D eigenvalue weighted by Crippen LogP contribution is -2.13. The number of hydrogen-bond acceptors (Lipinski definition) is 2. The van der Waals surface area contributed by atoms with Crippen molar-refractivity contribution < 1.29 is 4.79 Å². The number of rotatable bonds is 4. The molecule has 2 rings (SSSR count). The Morgan fingerprint density at radius 1 is 1.05 bits per heavy atom. The van der Waals surface area contributed by atoms with Gasteiger partial charge in [-0.3, -0.25) is 4.79 Å². The fourth-order valence-electron chi connectivity index (χ4n) is 2.02. The van der Waals surface area contributed by atoms with E-state index in [0.717, 1.165) is 12.0 Å². The highest BCUT2D eigenvalue weighted by Crippen LogP contribution is 2.19.